The number of halogens is 3. The quantitative estimate of drug-likeness (QED) is 0.453. The number of esters is 1. The Morgan fingerprint density at radius 1 is 1.12 bits per heavy atom. The average molecular weight is 369 g/mol. The van der Waals surface area contributed by atoms with Gasteiger partial charge in [0.2, 0.25) is 0 Å². The Labute approximate surface area is 149 Å². The highest BCUT2D eigenvalue weighted by atomic mass is 35.5. The third-order valence-electron chi connectivity index (χ3n) is 6.00. The van der Waals surface area contributed by atoms with Crippen LogP contribution < -0.4 is 0 Å². The van der Waals surface area contributed by atoms with Gasteiger partial charge in [-0.05, 0) is 68.6 Å². The highest BCUT2D eigenvalue weighted by Crippen LogP contribution is 2.64. The molecular weight excluding hydrogens is 350 g/mol. The number of alkyl halides is 1. The molecule has 4 atom stereocenters. The molecular formula is C19H19ClF2O3. The average Bonchev–Trinajstić information content (AvgIpc) is 2.52. The number of ketones is 1. The first-order valence-electron chi connectivity index (χ1n) is 8.63. The third-order valence-corrected chi connectivity index (χ3v) is 6.44. The Morgan fingerprint density at radius 2 is 1.80 bits per heavy atom. The molecule has 4 bridgehead atoms. The van der Waals surface area contributed by atoms with E-state index in [0.717, 1.165) is 44.2 Å². The first kappa shape index (κ1) is 17.0. The molecule has 134 valence electrons. The van der Waals surface area contributed by atoms with E-state index < -0.39 is 29.4 Å². The fourth-order valence-electron chi connectivity index (χ4n) is 5.43. The van der Waals surface area contributed by atoms with Crippen LogP contribution in [0.15, 0.2) is 18.2 Å². The van der Waals surface area contributed by atoms with Crippen molar-refractivity contribution in [3.63, 3.8) is 0 Å². The predicted octanol–water partition coefficient (Wildman–Crippen LogP) is 4.27. The normalized spacial score (nSPS) is 35.6. The van der Waals surface area contributed by atoms with Gasteiger partial charge in [-0.15, -0.1) is 11.6 Å². The fourth-order valence-corrected chi connectivity index (χ4v) is 6.12. The molecule has 4 aliphatic rings. The van der Waals surface area contributed by atoms with Crippen molar-refractivity contribution in [2.45, 2.75) is 43.4 Å². The summed E-state index contributed by atoms with van der Waals surface area (Å²) < 4.78 is 31.5. The largest absolute Gasteiger partial charge is 0.457 e. The molecule has 0 radical (unpaired) electrons. The summed E-state index contributed by atoms with van der Waals surface area (Å²) in [6.07, 6.45) is 5.18. The molecule has 4 fully saturated rings. The van der Waals surface area contributed by atoms with E-state index >= 15 is 0 Å². The second kappa shape index (κ2) is 5.76. The van der Waals surface area contributed by atoms with Gasteiger partial charge in [-0.2, -0.15) is 0 Å². The van der Waals surface area contributed by atoms with Crippen LogP contribution in [0.4, 0.5) is 8.78 Å². The van der Waals surface area contributed by atoms with E-state index in [1.165, 1.54) is 6.07 Å². The van der Waals surface area contributed by atoms with Crippen molar-refractivity contribution in [3.05, 3.63) is 35.4 Å². The minimum absolute atomic E-state index is 0.00831. The SMILES string of the molecule is O=C(COC(=O)C12C[C@@H]3C[C@@H](CC(Cl)(C3)C1)C2)c1ccc(F)c(F)c1. The van der Waals surface area contributed by atoms with Crippen molar-refractivity contribution < 1.29 is 23.1 Å². The molecule has 0 spiro atoms. The molecule has 4 aliphatic carbocycles. The lowest BCUT2D eigenvalue weighted by Gasteiger charge is -2.58. The standard InChI is InChI=1S/C19H19ClF2O3/c20-19-7-11-3-12(8-19)6-18(5-11,10-19)17(24)25-9-16(23)13-1-2-14(21)15(22)4-13/h1-2,4,11-12H,3,5-10H2/t11-,12+,18?,19?. The molecule has 2 unspecified atom stereocenters. The van der Waals surface area contributed by atoms with Crippen LogP contribution in [0.1, 0.15) is 48.9 Å². The first-order valence-corrected chi connectivity index (χ1v) is 9.01. The van der Waals surface area contributed by atoms with Gasteiger partial charge in [-0.1, -0.05) is 0 Å². The molecule has 0 aromatic heterocycles. The molecule has 5 rings (SSSR count). The highest BCUT2D eigenvalue weighted by Gasteiger charge is 2.60. The molecule has 0 heterocycles. The topological polar surface area (TPSA) is 43.4 Å². The van der Waals surface area contributed by atoms with E-state index in [4.69, 9.17) is 16.3 Å². The molecule has 0 saturated heterocycles. The van der Waals surface area contributed by atoms with Crippen LogP contribution in [0.3, 0.4) is 0 Å². The van der Waals surface area contributed by atoms with Crippen LogP contribution in [0.2, 0.25) is 0 Å². The lowest BCUT2D eigenvalue weighted by molar-refractivity contribution is -0.168. The zero-order valence-electron chi connectivity index (χ0n) is 13.7. The Morgan fingerprint density at radius 3 is 2.40 bits per heavy atom. The summed E-state index contributed by atoms with van der Waals surface area (Å²) in [6, 6.07) is 2.90. The number of carbonyl (C=O) groups is 2. The Hall–Kier alpha value is -1.49. The smallest absolute Gasteiger partial charge is 0.312 e. The maximum absolute atomic E-state index is 13.2. The molecule has 1 aromatic carbocycles. The van der Waals surface area contributed by atoms with E-state index in [2.05, 4.69) is 0 Å². The van der Waals surface area contributed by atoms with Crippen molar-refractivity contribution >= 4 is 23.4 Å². The third kappa shape index (κ3) is 2.97. The maximum Gasteiger partial charge on any atom is 0.312 e. The number of rotatable bonds is 4. The summed E-state index contributed by atoms with van der Waals surface area (Å²) >= 11 is 6.70. The van der Waals surface area contributed by atoms with Crippen molar-refractivity contribution in [2.75, 3.05) is 6.61 Å². The lowest BCUT2D eigenvalue weighted by Crippen LogP contribution is -2.56. The van der Waals surface area contributed by atoms with Crippen LogP contribution >= 0.6 is 11.6 Å². The fraction of sp³-hybridized carbons (Fsp3) is 0.579. The van der Waals surface area contributed by atoms with Gasteiger partial charge < -0.3 is 4.74 Å². The molecule has 6 heteroatoms. The highest BCUT2D eigenvalue weighted by molar-refractivity contribution is 6.24. The number of ether oxygens (including phenoxy) is 1. The second-order valence-corrected chi connectivity index (χ2v) is 8.82. The zero-order chi connectivity index (χ0) is 17.8. The number of hydrogen-bond acceptors (Lipinski definition) is 3. The van der Waals surface area contributed by atoms with Crippen LogP contribution in [0, 0.1) is 28.9 Å². The summed E-state index contributed by atoms with van der Waals surface area (Å²) in [5, 5.41) is 0. The molecule has 4 saturated carbocycles. The van der Waals surface area contributed by atoms with Gasteiger partial charge in [0.15, 0.2) is 24.0 Å². The van der Waals surface area contributed by atoms with Crippen molar-refractivity contribution in [3.8, 4) is 0 Å². The van der Waals surface area contributed by atoms with Crippen molar-refractivity contribution in [1.29, 1.82) is 0 Å². The Kier molecular flexibility index (Phi) is 3.91. The second-order valence-electron chi connectivity index (χ2n) is 8.02. The lowest BCUT2D eigenvalue weighted by atomic mass is 9.49. The van der Waals surface area contributed by atoms with E-state index in [-0.39, 0.29) is 16.4 Å². The summed E-state index contributed by atoms with van der Waals surface area (Å²) in [4.78, 5) is 24.5. The first-order chi connectivity index (χ1) is 11.8. The van der Waals surface area contributed by atoms with Crippen molar-refractivity contribution in [1.82, 2.24) is 0 Å². The van der Waals surface area contributed by atoms with Gasteiger partial charge in [0.05, 0.1) is 5.41 Å². The number of carbonyl (C=O) groups excluding carboxylic acids is 2. The van der Waals surface area contributed by atoms with E-state index in [0.29, 0.717) is 18.3 Å². The molecule has 0 amide bonds. The minimum atomic E-state index is -1.10. The van der Waals surface area contributed by atoms with Crippen LogP contribution in [-0.4, -0.2) is 23.2 Å². The molecule has 25 heavy (non-hydrogen) atoms. The Bertz CT molecular complexity index is 734. The zero-order valence-corrected chi connectivity index (χ0v) is 14.5. The minimum Gasteiger partial charge on any atom is -0.457 e. The van der Waals surface area contributed by atoms with Crippen LogP contribution in [-0.2, 0) is 9.53 Å². The van der Waals surface area contributed by atoms with Gasteiger partial charge in [-0.3, -0.25) is 9.59 Å². The van der Waals surface area contributed by atoms with Gasteiger partial charge in [-0.25, -0.2) is 8.78 Å². The Balaban J connectivity index is 1.44. The van der Waals surface area contributed by atoms with E-state index in [9.17, 15) is 18.4 Å². The van der Waals surface area contributed by atoms with E-state index in [1.807, 2.05) is 0 Å². The predicted molar refractivity (Wildman–Crippen MR) is 87.3 cm³/mol. The van der Waals surface area contributed by atoms with E-state index in [1.54, 1.807) is 0 Å². The van der Waals surface area contributed by atoms with Gasteiger partial charge in [0.1, 0.15) is 0 Å². The number of hydrogen-bond donors (Lipinski definition) is 0. The number of benzene rings is 1. The maximum atomic E-state index is 13.2. The summed E-state index contributed by atoms with van der Waals surface area (Å²) in [5.41, 5.74) is -0.591. The van der Waals surface area contributed by atoms with Gasteiger partial charge in [0.25, 0.3) is 0 Å². The van der Waals surface area contributed by atoms with Crippen LogP contribution in [0.5, 0.6) is 0 Å². The summed E-state index contributed by atoms with van der Waals surface area (Å²) in [5.74, 6) is -2.13. The van der Waals surface area contributed by atoms with Gasteiger partial charge >= 0.3 is 5.97 Å². The summed E-state index contributed by atoms with van der Waals surface area (Å²) in [7, 11) is 0. The molecule has 0 aliphatic heterocycles. The molecule has 1 aromatic rings. The monoisotopic (exact) mass is 368 g/mol. The van der Waals surface area contributed by atoms with Gasteiger partial charge in [0, 0.05) is 10.4 Å². The van der Waals surface area contributed by atoms with Crippen molar-refractivity contribution in [2.24, 2.45) is 17.3 Å². The van der Waals surface area contributed by atoms with Crippen LogP contribution in [0.25, 0.3) is 0 Å². The summed E-state index contributed by atoms with van der Waals surface area (Å²) in [6.45, 7) is -0.462. The molecule has 3 nitrogen and oxygen atoms in total. The molecule has 0 N–H and O–H groups in total. The number of Topliss-reactive ketones (excluding diaryl/α,β-unsaturated/α-hetero) is 1.